The van der Waals surface area contributed by atoms with Crippen LogP contribution in [0.15, 0.2) is 109 Å². The Labute approximate surface area is 343 Å². The van der Waals surface area contributed by atoms with Gasteiger partial charge in [-0.1, -0.05) is 125 Å². The van der Waals surface area contributed by atoms with E-state index in [2.05, 4.69) is 147 Å². The van der Waals surface area contributed by atoms with Gasteiger partial charge in [0.25, 0.3) is 0 Å². The molecule has 0 fully saturated rings. The zero-order valence-electron chi connectivity index (χ0n) is 32.3. The molecule has 0 spiro atoms. The number of amides is 2. The number of nitrogens with one attached hydrogen (secondary N) is 2. The van der Waals surface area contributed by atoms with Crippen molar-refractivity contribution in [2.45, 2.75) is 91.9 Å². The molecule has 8 heteroatoms. The Morgan fingerprint density at radius 1 is 0.556 bits per heavy atom. The Balaban J connectivity index is 0.000000233. The zero-order valence-corrected chi connectivity index (χ0v) is 36.2. The molecule has 0 atom stereocenters. The summed E-state index contributed by atoms with van der Waals surface area (Å²) in [6.07, 6.45) is 13.0. The summed E-state index contributed by atoms with van der Waals surface area (Å²) in [5, 5.41) is 9.79. The third kappa shape index (κ3) is 14.0. The van der Waals surface area contributed by atoms with E-state index >= 15 is 0 Å². The molecule has 0 saturated heterocycles. The van der Waals surface area contributed by atoms with Gasteiger partial charge in [-0.05, 0) is 60.8 Å². The molecule has 54 heavy (non-hydrogen) atoms. The predicted octanol–water partition coefficient (Wildman–Crippen LogP) is 12.4. The second kappa shape index (κ2) is 26.4. The quantitative estimate of drug-likeness (QED) is 0.0441. The molecule has 0 aromatic heterocycles. The summed E-state index contributed by atoms with van der Waals surface area (Å²) >= 11 is -0.826. The van der Waals surface area contributed by atoms with Gasteiger partial charge in [-0.25, -0.2) is 0 Å². The number of rotatable bonds is 16. The fraction of sp³-hybridized carbons (Fsp3) is 0.304. The summed E-state index contributed by atoms with van der Waals surface area (Å²) in [5.74, 6) is 0. The fourth-order valence-electron chi connectivity index (χ4n) is 6.78. The van der Waals surface area contributed by atoms with Crippen molar-refractivity contribution in [3.8, 4) is 22.3 Å². The van der Waals surface area contributed by atoms with Crippen LogP contribution in [0.1, 0.15) is 88.5 Å². The first-order valence-corrected chi connectivity index (χ1v) is 25.5. The summed E-state index contributed by atoms with van der Waals surface area (Å²) in [6.45, 7) is 9.02. The van der Waals surface area contributed by atoms with Gasteiger partial charge in [0, 0.05) is 0 Å². The molecule has 6 aromatic carbocycles. The van der Waals surface area contributed by atoms with Gasteiger partial charge in [0.05, 0.1) is 0 Å². The fourth-order valence-corrected chi connectivity index (χ4v) is 6.78. The van der Waals surface area contributed by atoms with Crippen LogP contribution in [0.3, 0.4) is 0 Å². The van der Waals surface area contributed by atoms with Crippen LogP contribution in [0, 0.1) is 0 Å². The van der Waals surface area contributed by atoms with E-state index in [1.807, 2.05) is 0 Å². The van der Waals surface area contributed by atoms with Crippen molar-refractivity contribution in [2.75, 3.05) is 0 Å². The van der Waals surface area contributed by atoms with Gasteiger partial charge in [-0.2, -0.15) is 12.1 Å². The van der Waals surface area contributed by atoms with Crippen LogP contribution < -0.4 is 10.5 Å². The van der Waals surface area contributed by atoms with Gasteiger partial charge in [-0.3, -0.25) is 9.59 Å². The second-order valence-corrected chi connectivity index (χ2v) is 16.9. The summed E-state index contributed by atoms with van der Waals surface area (Å²) in [6, 6.07) is 40.8. The van der Waals surface area contributed by atoms with E-state index in [-0.39, 0.29) is 0 Å². The first kappa shape index (κ1) is 45.0. The van der Waals surface area contributed by atoms with Crippen molar-refractivity contribution in [1.29, 1.82) is 0 Å². The first-order valence-electron chi connectivity index (χ1n) is 19.2. The molecule has 4 nitrogen and oxygen atoms in total. The number of carbonyl (C=O) groups is 2. The van der Waals surface area contributed by atoms with Crippen molar-refractivity contribution in [1.82, 2.24) is 10.5 Å². The molecule has 0 aliphatic heterocycles. The molecule has 0 bridgehead atoms. The Hall–Kier alpha value is -3.43. The normalized spacial score (nSPS) is 10.1. The molecule has 2 N–H and O–H groups in total. The minimum absolute atomic E-state index is 0.455. The van der Waals surface area contributed by atoms with Crippen LogP contribution >= 0.6 is 17.0 Å². The van der Waals surface area contributed by atoms with Crippen LogP contribution in [-0.2, 0) is 56.1 Å². The average Bonchev–Trinajstić information content (AvgIpc) is 3.81. The molecule has 281 valence electrons. The molecule has 0 aliphatic rings. The molecule has 0 saturated carbocycles. The van der Waals surface area contributed by atoms with E-state index in [4.69, 9.17) is 17.0 Å². The van der Waals surface area contributed by atoms with E-state index in [1.165, 1.54) is 130 Å². The zero-order chi connectivity index (χ0) is 39.0. The maximum absolute atomic E-state index is 9.38. The van der Waals surface area contributed by atoms with Crippen LogP contribution in [0.2, 0.25) is 0 Å². The Morgan fingerprint density at radius 2 is 0.944 bits per heavy atom. The third-order valence-corrected chi connectivity index (χ3v) is 9.22. The van der Waals surface area contributed by atoms with Crippen molar-refractivity contribution in [3.05, 3.63) is 131 Å². The average molecular weight is 840 g/mol. The van der Waals surface area contributed by atoms with Crippen molar-refractivity contribution in [3.63, 3.8) is 0 Å². The molecule has 0 aliphatic carbocycles. The minimum atomic E-state index is -0.826. The number of aryl methyl sites for hydroxylation is 4. The van der Waals surface area contributed by atoms with E-state index in [0.29, 0.717) is 12.8 Å². The Morgan fingerprint density at radius 3 is 1.31 bits per heavy atom. The molecule has 2 amide bonds. The van der Waals surface area contributed by atoms with Crippen LogP contribution in [0.4, 0.5) is 0 Å². The second-order valence-electron chi connectivity index (χ2n) is 13.2. The molecule has 6 aromatic rings. The summed E-state index contributed by atoms with van der Waals surface area (Å²) in [4.78, 5) is 18.8. The van der Waals surface area contributed by atoms with E-state index in [1.54, 1.807) is 0 Å². The monoisotopic (exact) mass is 837 g/mol. The standard InChI is InChI=1S/2C22H25.C2H4BN2O2.2ClH.Zr/c2*1-3-5-10-18-11-6-7-13-20(18)21-14-8-12-19-15-17(9-4-2)16-22(19)21;6-1-4-3-5-2-7;;;/h2*6-8,11-16H,3-5,9-10H2,1-2H3;1-2H,(H,4,6)(H,5,7);2*1H;/q2*-1;;;;+4/p-2. The van der Waals surface area contributed by atoms with Crippen molar-refractivity contribution in [2.24, 2.45) is 0 Å². The van der Waals surface area contributed by atoms with Crippen LogP contribution in [-0.4, -0.2) is 20.4 Å². The van der Waals surface area contributed by atoms with Gasteiger partial charge >= 0.3 is 45.4 Å². The Kier molecular flexibility index (Phi) is 22.0. The maximum atomic E-state index is 9.38. The van der Waals surface area contributed by atoms with Gasteiger partial charge in [0.2, 0.25) is 0 Å². The summed E-state index contributed by atoms with van der Waals surface area (Å²) in [5.41, 5.74) is 11.5. The summed E-state index contributed by atoms with van der Waals surface area (Å²) < 4.78 is 0. The molecule has 0 unspecified atom stereocenters. The van der Waals surface area contributed by atoms with Gasteiger partial charge in [0.15, 0.2) is 12.8 Å². The summed E-state index contributed by atoms with van der Waals surface area (Å²) in [7, 11) is 11.0. The van der Waals surface area contributed by atoms with E-state index in [0.717, 1.165) is 7.55 Å². The van der Waals surface area contributed by atoms with Gasteiger partial charge < -0.3 is 10.5 Å². The molecular weight excluding hydrogens is 785 g/mol. The van der Waals surface area contributed by atoms with E-state index < -0.39 is 20.8 Å². The molecule has 1 radical (unpaired) electrons. The van der Waals surface area contributed by atoms with Gasteiger partial charge in [-0.15, -0.1) is 69.1 Å². The van der Waals surface area contributed by atoms with E-state index in [9.17, 15) is 9.59 Å². The molecule has 0 heterocycles. The van der Waals surface area contributed by atoms with Crippen LogP contribution in [0.25, 0.3) is 43.8 Å². The van der Waals surface area contributed by atoms with Crippen LogP contribution in [0.5, 0.6) is 0 Å². The number of fused-ring (bicyclic) bond motifs is 2. The molecular formula is C46H54BCl2N2O2Zr. The number of carbonyl (C=O) groups excluding carboxylic acids is 2. The SMILES string of the molecule is CCCCc1ccccc1-c1cccc2[cH-]c(CCC)cc12.CCCCc1ccccc1-c1cccc2[cH-]c(CCC)cc12.O=CN[B]NC=O.[Cl][Zr+2][Cl]. The number of hydrogen-bond acceptors (Lipinski definition) is 2. The number of halogens is 2. The Bertz CT molecular complexity index is 1830. The number of hydrogen-bond donors (Lipinski definition) is 2. The van der Waals surface area contributed by atoms with Crippen molar-refractivity contribution < 1.29 is 30.4 Å². The number of unbranched alkanes of at least 4 members (excludes halogenated alkanes) is 2. The topological polar surface area (TPSA) is 58.2 Å². The third-order valence-electron chi connectivity index (χ3n) is 9.22. The first-order chi connectivity index (χ1) is 26.5. The van der Waals surface area contributed by atoms with Gasteiger partial charge in [0.1, 0.15) is 0 Å². The number of benzene rings is 4. The molecule has 6 rings (SSSR count). The predicted molar refractivity (Wildman–Crippen MR) is 231 cm³/mol. The van der Waals surface area contributed by atoms with Crippen molar-refractivity contribution >= 4 is 58.9 Å².